The Bertz CT molecular complexity index is 578. The van der Waals surface area contributed by atoms with E-state index in [1.54, 1.807) is 11.3 Å². The molecular formula is C13H17N3O2S2. The van der Waals surface area contributed by atoms with Gasteiger partial charge in [0.2, 0.25) is 5.13 Å². The van der Waals surface area contributed by atoms with Crippen LogP contribution in [-0.2, 0) is 24.2 Å². The van der Waals surface area contributed by atoms with E-state index in [9.17, 15) is 4.79 Å². The number of rotatable bonds is 7. The third kappa shape index (κ3) is 4.57. The van der Waals surface area contributed by atoms with Crippen LogP contribution in [0.2, 0.25) is 0 Å². The molecule has 108 valence electrons. The van der Waals surface area contributed by atoms with Crippen LogP contribution < -0.4 is 5.32 Å². The predicted octanol–water partition coefficient (Wildman–Crippen LogP) is 3.04. The number of aromatic nitrogens is 2. The molecule has 0 aliphatic rings. The van der Waals surface area contributed by atoms with Gasteiger partial charge in [-0.2, -0.15) is 0 Å². The van der Waals surface area contributed by atoms with Crippen LogP contribution in [0.5, 0.6) is 0 Å². The van der Waals surface area contributed by atoms with Gasteiger partial charge < -0.3 is 10.4 Å². The van der Waals surface area contributed by atoms with Gasteiger partial charge in [-0.3, -0.25) is 4.79 Å². The van der Waals surface area contributed by atoms with Crippen molar-refractivity contribution in [1.29, 1.82) is 0 Å². The molecule has 5 nitrogen and oxygen atoms in total. The molecule has 0 aliphatic heterocycles. The smallest absolute Gasteiger partial charge is 0.308 e. The highest BCUT2D eigenvalue weighted by atomic mass is 32.1. The van der Waals surface area contributed by atoms with Crippen molar-refractivity contribution in [2.75, 3.05) is 5.32 Å². The second-order valence-corrected chi connectivity index (χ2v) is 7.21. The number of hydrogen-bond acceptors (Lipinski definition) is 6. The Hall–Kier alpha value is -1.47. The number of carbonyl (C=O) groups is 1. The lowest BCUT2D eigenvalue weighted by molar-refractivity contribution is -0.136. The van der Waals surface area contributed by atoms with Crippen LogP contribution in [0.15, 0.2) is 12.1 Å². The standard InChI is InChI=1S/C13H17N3O2S2/c1-8(2)5-11-15-16-13(20-11)14-7-10-4-3-9(19-10)6-12(17)18/h3-4,8H,5-7H2,1-2H3,(H,14,16)(H,17,18). The van der Waals surface area contributed by atoms with Crippen molar-refractivity contribution in [2.45, 2.75) is 33.2 Å². The summed E-state index contributed by atoms with van der Waals surface area (Å²) >= 11 is 3.09. The van der Waals surface area contributed by atoms with Gasteiger partial charge in [0.05, 0.1) is 13.0 Å². The quantitative estimate of drug-likeness (QED) is 0.822. The van der Waals surface area contributed by atoms with Crippen molar-refractivity contribution in [3.05, 3.63) is 26.9 Å². The van der Waals surface area contributed by atoms with E-state index < -0.39 is 5.97 Å². The van der Waals surface area contributed by atoms with Crippen molar-refractivity contribution in [3.8, 4) is 0 Å². The molecule has 0 atom stereocenters. The first kappa shape index (κ1) is 14.9. The van der Waals surface area contributed by atoms with E-state index in [2.05, 4.69) is 29.4 Å². The van der Waals surface area contributed by atoms with Crippen molar-refractivity contribution in [1.82, 2.24) is 10.2 Å². The van der Waals surface area contributed by atoms with Gasteiger partial charge in [-0.25, -0.2) is 0 Å². The van der Waals surface area contributed by atoms with Crippen molar-refractivity contribution in [2.24, 2.45) is 5.92 Å². The molecule has 0 saturated carbocycles. The minimum absolute atomic E-state index is 0.0853. The highest BCUT2D eigenvalue weighted by Crippen LogP contribution is 2.21. The Morgan fingerprint density at radius 3 is 2.75 bits per heavy atom. The maximum absolute atomic E-state index is 10.6. The van der Waals surface area contributed by atoms with Crippen LogP contribution >= 0.6 is 22.7 Å². The number of nitrogens with zero attached hydrogens (tertiary/aromatic N) is 2. The first-order chi connectivity index (χ1) is 9.52. The second-order valence-electron chi connectivity index (χ2n) is 4.89. The van der Waals surface area contributed by atoms with Crippen LogP contribution in [0.4, 0.5) is 5.13 Å². The van der Waals surface area contributed by atoms with E-state index in [1.165, 1.54) is 11.3 Å². The molecule has 2 aromatic heterocycles. The van der Waals surface area contributed by atoms with E-state index in [-0.39, 0.29) is 6.42 Å². The molecule has 2 rings (SSSR count). The van der Waals surface area contributed by atoms with Crippen molar-refractivity contribution < 1.29 is 9.90 Å². The molecule has 2 heterocycles. The number of carboxylic acid groups (broad SMARTS) is 1. The summed E-state index contributed by atoms with van der Waals surface area (Å²) in [5.74, 6) is -0.222. The van der Waals surface area contributed by atoms with E-state index in [0.717, 1.165) is 26.3 Å². The fraction of sp³-hybridized carbons (Fsp3) is 0.462. The average Bonchev–Trinajstić information content (AvgIpc) is 2.94. The van der Waals surface area contributed by atoms with Crippen molar-refractivity contribution >= 4 is 33.8 Å². The van der Waals surface area contributed by atoms with Gasteiger partial charge in [0.15, 0.2) is 0 Å². The van der Waals surface area contributed by atoms with Crippen LogP contribution in [0.1, 0.15) is 28.6 Å². The molecule has 0 aliphatic carbocycles. The largest absolute Gasteiger partial charge is 0.481 e. The van der Waals surface area contributed by atoms with E-state index in [1.807, 2.05) is 12.1 Å². The summed E-state index contributed by atoms with van der Waals surface area (Å²) in [6.45, 7) is 4.97. The molecule has 0 aromatic carbocycles. The van der Waals surface area contributed by atoms with Gasteiger partial charge in [-0.15, -0.1) is 21.5 Å². The number of thiophene rings is 1. The molecule has 0 spiro atoms. The molecule has 0 amide bonds. The van der Waals surface area contributed by atoms with Crippen LogP contribution in [0.3, 0.4) is 0 Å². The highest BCUT2D eigenvalue weighted by Gasteiger charge is 2.07. The van der Waals surface area contributed by atoms with E-state index >= 15 is 0 Å². The number of anilines is 1. The molecule has 0 unspecified atom stereocenters. The summed E-state index contributed by atoms with van der Waals surface area (Å²) < 4.78 is 0. The first-order valence-electron chi connectivity index (χ1n) is 6.38. The molecule has 0 radical (unpaired) electrons. The van der Waals surface area contributed by atoms with Gasteiger partial charge in [0, 0.05) is 16.2 Å². The van der Waals surface area contributed by atoms with Crippen LogP contribution in [0, 0.1) is 5.92 Å². The predicted molar refractivity (Wildman–Crippen MR) is 81.4 cm³/mol. The molecular weight excluding hydrogens is 294 g/mol. The number of nitrogens with one attached hydrogen (secondary N) is 1. The summed E-state index contributed by atoms with van der Waals surface area (Å²) in [5, 5.41) is 22.1. The second kappa shape index (κ2) is 6.81. The minimum Gasteiger partial charge on any atom is -0.481 e. The van der Waals surface area contributed by atoms with E-state index in [4.69, 9.17) is 5.11 Å². The molecule has 7 heteroatoms. The number of carboxylic acids is 1. The zero-order valence-corrected chi connectivity index (χ0v) is 13.1. The molecule has 0 fully saturated rings. The topological polar surface area (TPSA) is 75.1 Å². The van der Waals surface area contributed by atoms with Gasteiger partial charge in [0.1, 0.15) is 5.01 Å². The fourth-order valence-corrected chi connectivity index (χ4v) is 3.58. The minimum atomic E-state index is -0.797. The zero-order chi connectivity index (χ0) is 14.5. The van der Waals surface area contributed by atoms with Gasteiger partial charge >= 0.3 is 5.97 Å². The Morgan fingerprint density at radius 1 is 1.30 bits per heavy atom. The van der Waals surface area contributed by atoms with Crippen LogP contribution in [-0.4, -0.2) is 21.3 Å². The van der Waals surface area contributed by atoms with Gasteiger partial charge in [-0.05, 0) is 18.1 Å². The molecule has 20 heavy (non-hydrogen) atoms. The molecule has 2 N–H and O–H groups in total. The summed E-state index contributed by atoms with van der Waals surface area (Å²) in [6, 6.07) is 3.81. The van der Waals surface area contributed by atoms with Gasteiger partial charge in [-0.1, -0.05) is 25.2 Å². The molecule has 0 saturated heterocycles. The number of hydrogen-bond donors (Lipinski definition) is 2. The summed E-state index contributed by atoms with van der Waals surface area (Å²) in [4.78, 5) is 12.6. The average molecular weight is 311 g/mol. The maximum Gasteiger partial charge on any atom is 0.308 e. The Kier molecular flexibility index (Phi) is 5.08. The third-order valence-corrected chi connectivity index (χ3v) is 4.49. The SMILES string of the molecule is CC(C)Cc1nnc(NCc2ccc(CC(=O)O)s2)s1. The number of aliphatic carboxylic acids is 1. The fourth-order valence-electron chi connectivity index (χ4n) is 1.68. The zero-order valence-electron chi connectivity index (χ0n) is 11.4. The van der Waals surface area contributed by atoms with Crippen molar-refractivity contribution in [3.63, 3.8) is 0 Å². The Labute approximate surface area is 125 Å². The van der Waals surface area contributed by atoms with Gasteiger partial charge in [0.25, 0.3) is 0 Å². The summed E-state index contributed by atoms with van der Waals surface area (Å²) in [5.41, 5.74) is 0. The summed E-state index contributed by atoms with van der Waals surface area (Å²) in [6.07, 6.45) is 1.03. The highest BCUT2D eigenvalue weighted by molar-refractivity contribution is 7.15. The summed E-state index contributed by atoms with van der Waals surface area (Å²) in [7, 11) is 0. The lowest BCUT2D eigenvalue weighted by atomic mass is 10.1. The van der Waals surface area contributed by atoms with Crippen LogP contribution in [0.25, 0.3) is 0 Å². The monoisotopic (exact) mass is 311 g/mol. The normalized spacial score (nSPS) is 10.9. The maximum atomic E-state index is 10.6. The lowest BCUT2D eigenvalue weighted by Crippen LogP contribution is -1.97. The third-order valence-electron chi connectivity index (χ3n) is 2.51. The van der Waals surface area contributed by atoms with E-state index in [0.29, 0.717) is 12.5 Å². The first-order valence-corrected chi connectivity index (χ1v) is 8.02. The Morgan fingerprint density at radius 2 is 2.05 bits per heavy atom. The Balaban J connectivity index is 1.87. The molecule has 2 aromatic rings. The lowest BCUT2D eigenvalue weighted by Gasteiger charge is -1.99. The molecule has 0 bridgehead atoms.